The second kappa shape index (κ2) is 13.3. The third kappa shape index (κ3) is 10.4. The van der Waals surface area contributed by atoms with E-state index in [2.05, 4.69) is 34.8 Å². The van der Waals surface area contributed by atoms with Crippen molar-refractivity contribution in [2.45, 2.75) is 33.3 Å². The Morgan fingerprint density at radius 1 is 1.18 bits per heavy atom. The van der Waals surface area contributed by atoms with Crippen LogP contribution in [0.1, 0.15) is 27.2 Å². The van der Waals surface area contributed by atoms with Crippen molar-refractivity contribution < 1.29 is 14.3 Å². The van der Waals surface area contributed by atoms with Crippen LogP contribution in [0.4, 0.5) is 0 Å². The van der Waals surface area contributed by atoms with Crippen molar-refractivity contribution >= 4 is 11.9 Å². The Bertz CT molecular complexity index is 322. The SMILES string of the molecule is CCOC(CCNC(=NC)NCC(=O)NCCOC)C(C)C. The highest BCUT2D eigenvalue weighted by atomic mass is 16.5. The van der Waals surface area contributed by atoms with Gasteiger partial charge in [-0.25, -0.2) is 0 Å². The predicted molar refractivity (Wildman–Crippen MR) is 89.1 cm³/mol. The van der Waals surface area contributed by atoms with Gasteiger partial charge in [0.05, 0.1) is 19.3 Å². The third-order valence-corrected chi connectivity index (χ3v) is 3.11. The smallest absolute Gasteiger partial charge is 0.239 e. The van der Waals surface area contributed by atoms with E-state index in [1.807, 2.05) is 6.92 Å². The number of hydrogen-bond donors (Lipinski definition) is 3. The van der Waals surface area contributed by atoms with Crippen LogP contribution in [0.2, 0.25) is 0 Å². The normalized spacial score (nSPS) is 13.1. The summed E-state index contributed by atoms with van der Waals surface area (Å²) in [4.78, 5) is 15.7. The minimum absolute atomic E-state index is 0.0885. The third-order valence-electron chi connectivity index (χ3n) is 3.11. The number of rotatable bonds is 11. The lowest BCUT2D eigenvalue weighted by Crippen LogP contribution is -2.44. The molecule has 0 radical (unpaired) electrons. The van der Waals surface area contributed by atoms with Crippen LogP contribution in [0.3, 0.4) is 0 Å². The lowest BCUT2D eigenvalue weighted by Gasteiger charge is -2.21. The Hall–Kier alpha value is -1.34. The van der Waals surface area contributed by atoms with Gasteiger partial charge in [-0.3, -0.25) is 9.79 Å². The van der Waals surface area contributed by atoms with Crippen LogP contribution in [-0.4, -0.2) is 65.0 Å². The van der Waals surface area contributed by atoms with Gasteiger partial charge in [0.2, 0.25) is 5.91 Å². The van der Waals surface area contributed by atoms with E-state index in [9.17, 15) is 4.79 Å². The molecule has 0 bridgehead atoms. The number of amides is 1. The molecule has 1 atom stereocenters. The van der Waals surface area contributed by atoms with Gasteiger partial charge in [0.15, 0.2) is 5.96 Å². The highest BCUT2D eigenvalue weighted by Crippen LogP contribution is 2.09. The molecule has 0 aromatic heterocycles. The molecule has 1 unspecified atom stereocenters. The van der Waals surface area contributed by atoms with Gasteiger partial charge in [-0.2, -0.15) is 0 Å². The number of ether oxygens (including phenoxy) is 2. The molecular weight excluding hydrogens is 284 g/mol. The second-order valence-electron chi connectivity index (χ2n) is 5.22. The molecule has 0 fully saturated rings. The van der Waals surface area contributed by atoms with Gasteiger partial charge in [-0.1, -0.05) is 13.8 Å². The van der Waals surface area contributed by atoms with Crippen molar-refractivity contribution in [1.82, 2.24) is 16.0 Å². The summed E-state index contributed by atoms with van der Waals surface area (Å²) < 4.78 is 10.6. The van der Waals surface area contributed by atoms with Crippen molar-refractivity contribution in [1.29, 1.82) is 0 Å². The van der Waals surface area contributed by atoms with Crippen molar-refractivity contribution in [2.24, 2.45) is 10.9 Å². The number of carbonyl (C=O) groups excluding carboxylic acids is 1. The van der Waals surface area contributed by atoms with E-state index in [0.717, 1.165) is 19.6 Å². The van der Waals surface area contributed by atoms with Gasteiger partial charge < -0.3 is 25.4 Å². The number of nitrogens with zero attached hydrogens (tertiary/aromatic N) is 1. The highest BCUT2D eigenvalue weighted by molar-refractivity contribution is 5.86. The fourth-order valence-corrected chi connectivity index (χ4v) is 1.90. The largest absolute Gasteiger partial charge is 0.383 e. The summed E-state index contributed by atoms with van der Waals surface area (Å²) in [6.07, 6.45) is 1.12. The van der Waals surface area contributed by atoms with Crippen LogP contribution in [0, 0.1) is 5.92 Å². The topological polar surface area (TPSA) is 84.0 Å². The van der Waals surface area contributed by atoms with E-state index < -0.39 is 0 Å². The molecule has 1 amide bonds. The quantitative estimate of drug-likeness (QED) is 0.291. The number of aliphatic imine (C=N–C) groups is 1. The summed E-state index contributed by atoms with van der Waals surface area (Å²) in [7, 11) is 3.28. The maximum atomic E-state index is 11.6. The van der Waals surface area contributed by atoms with Crippen molar-refractivity contribution in [2.75, 3.05) is 47.0 Å². The van der Waals surface area contributed by atoms with Gasteiger partial charge in [0.25, 0.3) is 0 Å². The van der Waals surface area contributed by atoms with Gasteiger partial charge >= 0.3 is 0 Å². The van der Waals surface area contributed by atoms with Crippen LogP contribution in [0.25, 0.3) is 0 Å². The number of hydrogen-bond acceptors (Lipinski definition) is 4. The van der Waals surface area contributed by atoms with E-state index in [4.69, 9.17) is 9.47 Å². The number of methoxy groups -OCH3 is 1. The van der Waals surface area contributed by atoms with Gasteiger partial charge in [-0.05, 0) is 19.3 Å². The lowest BCUT2D eigenvalue weighted by atomic mass is 10.0. The molecule has 0 saturated heterocycles. The van der Waals surface area contributed by atoms with Gasteiger partial charge in [0.1, 0.15) is 0 Å². The van der Waals surface area contributed by atoms with Gasteiger partial charge in [0, 0.05) is 33.9 Å². The maximum Gasteiger partial charge on any atom is 0.239 e. The summed E-state index contributed by atoms with van der Waals surface area (Å²) in [5.41, 5.74) is 0. The van der Waals surface area contributed by atoms with E-state index >= 15 is 0 Å². The Kier molecular flexibility index (Phi) is 12.5. The number of guanidine groups is 1. The zero-order valence-corrected chi connectivity index (χ0v) is 14.6. The monoisotopic (exact) mass is 316 g/mol. The molecule has 7 heteroatoms. The molecule has 0 aliphatic carbocycles. The van der Waals surface area contributed by atoms with Crippen LogP contribution < -0.4 is 16.0 Å². The Balaban J connectivity index is 3.95. The number of nitrogens with one attached hydrogen (secondary N) is 3. The molecule has 22 heavy (non-hydrogen) atoms. The minimum atomic E-state index is -0.0885. The highest BCUT2D eigenvalue weighted by Gasteiger charge is 2.13. The fraction of sp³-hybridized carbons (Fsp3) is 0.867. The molecule has 0 aliphatic rings. The van der Waals surface area contributed by atoms with E-state index in [1.54, 1.807) is 14.2 Å². The zero-order valence-electron chi connectivity index (χ0n) is 14.6. The van der Waals surface area contributed by atoms with E-state index in [0.29, 0.717) is 25.0 Å². The molecular formula is C15H32N4O3. The molecule has 0 aromatic rings. The first kappa shape index (κ1) is 20.7. The predicted octanol–water partition coefficient (Wildman–Crippen LogP) is 0.365. The Morgan fingerprint density at radius 3 is 2.45 bits per heavy atom. The van der Waals surface area contributed by atoms with Crippen molar-refractivity contribution in [3.63, 3.8) is 0 Å². The lowest BCUT2D eigenvalue weighted by molar-refractivity contribution is -0.120. The average molecular weight is 316 g/mol. The second-order valence-corrected chi connectivity index (χ2v) is 5.22. The van der Waals surface area contributed by atoms with Crippen LogP contribution >= 0.6 is 0 Å². The Labute approximate surface area is 134 Å². The fourth-order valence-electron chi connectivity index (χ4n) is 1.90. The standard InChI is InChI=1S/C15H32N4O3/c1-6-22-13(12(2)3)7-8-18-15(16-4)19-11-14(20)17-9-10-21-5/h12-13H,6-11H2,1-5H3,(H,17,20)(H2,16,18,19). The Morgan fingerprint density at radius 2 is 1.91 bits per heavy atom. The van der Waals surface area contributed by atoms with Crippen LogP contribution in [0.5, 0.6) is 0 Å². The molecule has 0 rings (SSSR count). The van der Waals surface area contributed by atoms with Crippen LogP contribution in [-0.2, 0) is 14.3 Å². The number of carbonyl (C=O) groups is 1. The van der Waals surface area contributed by atoms with Crippen molar-refractivity contribution in [3.05, 3.63) is 0 Å². The molecule has 0 spiro atoms. The summed E-state index contributed by atoms with van der Waals surface area (Å²) >= 11 is 0. The molecule has 3 N–H and O–H groups in total. The first-order valence-electron chi connectivity index (χ1n) is 7.86. The zero-order chi connectivity index (χ0) is 16.8. The van der Waals surface area contributed by atoms with Crippen LogP contribution in [0.15, 0.2) is 4.99 Å². The first-order chi connectivity index (χ1) is 10.5. The van der Waals surface area contributed by atoms with E-state index in [1.165, 1.54) is 0 Å². The summed E-state index contributed by atoms with van der Waals surface area (Å²) in [5.74, 6) is 0.999. The maximum absolute atomic E-state index is 11.6. The molecule has 7 nitrogen and oxygen atoms in total. The molecule has 0 aromatic carbocycles. The summed E-state index contributed by atoms with van der Waals surface area (Å²) in [5, 5.41) is 8.91. The first-order valence-corrected chi connectivity index (χ1v) is 7.86. The summed E-state index contributed by atoms with van der Waals surface area (Å²) in [6, 6.07) is 0. The van der Waals surface area contributed by atoms with Crippen molar-refractivity contribution in [3.8, 4) is 0 Å². The molecule has 130 valence electrons. The molecule has 0 aliphatic heterocycles. The van der Waals surface area contributed by atoms with Gasteiger partial charge in [-0.15, -0.1) is 0 Å². The molecule has 0 saturated carbocycles. The van der Waals surface area contributed by atoms with E-state index in [-0.39, 0.29) is 18.6 Å². The molecule has 0 heterocycles. The minimum Gasteiger partial charge on any atom is -0.383 e. The summed E-state index contributed by atoms with van der Waals surface area (Å²) in [6.45, 7) is 8.97. The average Bonchev–Trinajstić information content (AvgIpc) is 2.49.